The van der Waals surface area contributed by atoms with Gasteiger partial charge in [-0.15, -0.1) is 0 Å². The minimum atomic E-state index is -0.475. The average molecular weight is 341 g/mol. The Bertz CT molecular complexity index is 725. The monoisotopic (exact) mass is 341 g/mol. The summed E-state index contributed by atoms with van der Waals surface area (Å²) in [6.45, 7) is 3.94. The lowest BCUT2D eigenvalue weighted by atomic mass is 10.0. The fourth-order valence-corrected chi connectivity index (χ4v) is 2.54. The number of aryl methyl sites for hydroxylation is 1. The molecule has 2 aromatic carbocycles. The smallest absolute Gasteiger partial charge is 0.308 e. The highest BCUT2D eigenvalue weighted by molar-refractivity contribution is 5.96. The topological polar surface area (TPSA) is 64.6 Å². The molecule has 0 bridgehead atoms. The van der Waals surface area contributed by atoms with E-state index in [2.05, 4.69) is 5.32 Å². The number of nitrogens with one attached hydrogen (secondary N) is 1. The predicted molar refractivity (Wildman–Crippen MR) is 95.6 cm³/mol. The molecule has 2 aromatic rings. The summed E-state index contributed by atoms with van der Waals surface area (Å²) in [5, 5.41) is 2.94. The first-order valence-electron chi connectivity index (χ1n) is 8.21. The summed E-state index contributed by atoms with van der Waals surface area (Å²) >= 11 is 0. The van der Waals surface area contributed by atoms with Gasteiger partial charge in [-0.25, -0.2) is 0 Å². The van der Waals surface area contributed by atoms with Crippen LogP contribution in [0.4, 0.5) is 0 Å². The number of carbonyl (C=O) groups is 2. The minimum absolute atomic E-state index is 0.0673. The third-order valence-electron chi connectivity index (χ3n) is 3.89. The van der Waals surface area contributed by atoms with Gasteiger partial charge in [0, 0.05) is 5.56 Å². The van der Waals surface area contributed by atoms with E-state index < -0.39 is 6.04 Å². The quantitative estimate of drug-likeness (QED) is 0.784. The van der Waals surface area contributed by atoms with Crippen molar-refractivity contribution in [2.24, 2.45) is 0 Å². The largest absolute Gasteiger partial charge is 0.497 e. The normalized spacial score (nSPS) is 11.5. The van der Waals surface area contributed by atoms with Crippen LogP contribution in [0.3, 0.4) is 0 Å². The van der Waals surface area contributed by atoms with Crippen LogP contribution in [0.5, 0.6) is 5.75 Å². The fourth-order valence-electron chi connectivity index (χ4n) is 2.54. The van der Waals surface area contributed by atoms with Gasteiger partial charge < -0.3 is 14.8 Å². The highest BCUT2D eigenvalue weighted by Crippen LogP contribution is 2.22. The number of hydrogen-bond acceptors (Lipinski definition) is 4. The number of amides is 1. The van der Waals surface area contributed by atoms with E-state index in [1.165, 1.54) is 0 Å². The molecule has 5 heteroatoms. The molecule has 5 nitrogen and oxygen atoms in total. The molecule has 0 aromatic heterocycles. The predicted octanol–water partition coefficient (Wildman–Crippen LogP) is 3.43. The molecule has 1 atom stereocenters. The Balaban J connectivity index is 2.22. The van der Waals surface area contributed by atoms with Crippen molar-refractivity contribution < 1.29 is 19.1 Å². The first-order valence-corrected chi connectivity index (χ1v) is 8.21. The molecule has 0 aliphatic heterocycles. The molecule has 0 aliphatic carbocycles. The second-order valence-electron chi connectivity index (χ2n) is 5.62. The van der Waals surface area contributed by atoms with Crippen molar-refractivity contribution >= 4 is 11.9 Å². The molecule has 0 spiro atoms. The summed E-state index contributed by atoms with van der Waals surface area (Å²) < 4.78 is 10.2. The van der Waals surface area contributed by atoms with E-state index in [1.807, 2.05) is 37.3 Å². The van der Waals surface area contributed by atoms with Crippen LogP contribution in [0.1, 0.15) is 40.9 Å². The fraction of sp³-hybridized carbons (Fsp3) is 0.300. The lowest BCUT2D eigenvalue weighted by Crippen LogP contribution is -2.31. The minimum Gasteiger partial charge on any atom is -0.497 e. The van der Waals surface area contributed by atoms with Crippen LogP contribution in [0.15, 0.2) is 48.5 Å². The van der Waals surface area contributed by atoms with E-state index in [1.54, 1.807) is 32.2 Å². The standard InChI is InChI=1S/C20H23NO4/c1-4-25-19(22)13-18(15-9-11-16(24-3)12-10-15)21-20(23)17-8-6-5-7-14(17)2/h5-12,18H,4,13H2,1-3H3,(H,21,23)/t18-/m1/s1. The molecule has 1 N–H and O–H groups in total. The lowest BCUT2D eigenvalue weighted by Gasteiger charge is -2.19. The molecule has 132 valence electrons. The van der Waals surface area contributed by atoms with Crippen LogP contribution < -0.4 is 10.1 Å². The van der Waals surface area contributed by atoms with E-state index in [9.17, 15) is 9.59 Å². The van der Waals surface area contributed by atoms with Crippen LogP contribution in [-0.4, -0.2) is 25.6 Å². The van der Waals surface area contributed by atoms with Crippen LogP contribution >= 0.6 is 0 Å². The van der Waals surface area contributed by atoms with Crippen LogP contribution in [0, 0.1) is 6.92 Å². The molecular formula is C20H23NO4. The molecule has 0 aliphatic rings. The molecule has 25 heavy (non-hydrogen) atoms. The summed E-state index contributed by atoms with van der Waals surface area (Å²) in [5.41, 5.74) is 2.28. The Morgan fingerprint density at radius 2 is 1.76 bits per heavy atom. The molecule has 0 radical (unpaired) electrons. The number of methoxy groups -OCH3 is 1. The van der Waals surface area contributed by atoms with Gasteiger partial charge in [0.05, 0.1) is 26.2 Å². The Morgan fingerprint density at radius 3 is 2.36 bits per heavy atom. The Morgan fingerprint density at radius 1 is 1.08 bits per heavy atom. The zero-order valence-electron chi connectivity index (χ0n) is 14.7. The first-order chi connectivity index (χ1) is 12.0. The molecule has 1 amide bonds. The summed E-state index contributed by atoms with van der Waals surface area (Å²) in [5.74, 6) is 0.139. The van der Waals surface area contributed by atoms with Crippen LogP contribution in [0.2, 0.25) is 0 Å². The van der Waals surface area contributed by atoms with Gasteiger partial charge in [-0.2, -0.15) is 0 Å². The van der Waals surface area contributed by atoms with Crippen molar-refractivity contribution in [2.45, 2.75) is 26.3 Å². The summed E-state index contributed by atoms with van der Waals surface area (Å²) in [6, 6.07) is 14.1. The van der Waals surface area contributed by atoms with Crippen molar-refractivity contribution in [3.05, 3.63) is 65.2 Å². The van der Waals surface area contributed by atoms with Gasteiger partial charge in [0.15, 0.2) is 0 Å². The van der Waals surface area contributed by atoms with E-state index >= 15 is 0 Å². The third kappa shape index (κ3) is 5.08. The van der Waals surface area contributed by atoms with Crippen molar-refractivity contribution in [2.75, 3.05) is 13.7 Å². The molecule has 0 unspecified atom stereocenters. The van der Waals surface area contributed by atoms with Gasteiger partial charge in [-0.1, -0.05) is 30.3 Å². The average Bonchev–Trinajstić information content (AvgIpc) is 2.61. The van der Waals surface area contributed by atoms with Gasteiger partial charge in [-0.05, 0) is 43.2 Å². The summed E-state index contributed by atoms with van der Waals surface area (Å²) in [7, 11) is 1.59. The van der Waals surface area contributed by atoms with Crippen LogP contribution in [-0.2, 0) is 9.53 Å². The lowest BCUT2D eigenvalue weighted by molar-refractivity contribution is -0.143. The van der Waals surface area contributed by atoms with E-state index in [-0.39, 0.29) is 18.3 Å². The van der Waals surface area contributed by atoms with Crippen molar-refractivity contribution in [3.8, 4) is 5.75 Å². The second kappa shape index (κ2) is 8.87. The van der Waals surface area contributed by atoms with Gasteiger partial charge in [0.25, 0.3) is 5.91 Å². The van der Waals surface area contributed by atoms with E-state index in [4.69, 9.17) is 9.47 Å². The number of carbonyl (C=O) groups excluding carboxylic acids is 2. The third-order valence-corrected chi connectivity index (χ3v) is 3.89. The summed E-state index contributed by atoms with van der Waals surface area (Å²) in [6.07, 6.45) is 0.0673. The van der Waals surface area contributed by atoms with Gasteiger partial charge in [0.2, 0.25) is 0 Å². The molecule has 0 heterocycles. The van der Waals surface area contributed by atoms with Gasteiger partial charge >= 0.3 is 5.97 Å². The number of hydrogen-bond donors (Lipinski definition) is 1. The SMILES string of the molecule is CCOC(=O)C[C@@H](NC(=O)c1ccccc1C)c1ccc(OC)cc1. The van der Waals surface area contributed by atoms with Gasteiger partial charge in [-0.3, -0.25) is 9.59 Å². The number of rotatable bonds is 7. The Kier molecular flexibility index (Phi) is 6.57. The van der Waals surface area contributed by atoms with Crippen LogP contribution in [0.25, 0.3) is 0 Å². The van der Waals surface area contributed by atoms with E-state index in [0.29, 0.717) is 17.9 Å². The molecule has 0 saturated carbocycles. The maximum absolute atomic E-state index is 12.6. The number of benzene rings is 2. The maximum atomic E-state index is 12.6. The Labute approximate surface area is 148 Å². The van der Waals surface area contributed by atoms with Crippen molar-refractivity contribution in [1.29, 1.82) is 0 Å². The van der Waals surface area contributed by atoms with Gasteiger partial charge in [0.1, 0.15) is 5.75 Å². The molecular weight excluding hydrogens is 318 g/mol. The Hall–Kier alpha value is -2.82. The first kappa shape index (κ1) is 18.5. The van der Waals surface area contributed by atoms with E-state index in [0.717, 1.165) is 11.1 Å². The van der Waals surface area contributed by atoms with Crippen molar-refractivity contribution in [3.63, 3.8) is 0 Å². The number of esters is 1. The zero-order valence-corrected chi connectivity index (χ0v) is 14.7. The maximum Gasteiger partial charge on any atom is 0.308 e. The molecule has 0 saturated heterocycles. The highest BCUT2D eigenvalue weighted by atomic mass is 16.5. The highest BCUT2D eigenvalue weighted by Gasteiger charge is 2.20. The van der Waals surface area contributed by atoms with Crippen molar-refractivity contribution in [1.82, 2.24) is 5.32 Å². The second-order valence-corrected chi connectivity index (χ2v) is 5.62. The number of ether oxygens (including phenoxy) is 2. The summed E-state index contributed by atoms with van der Waals surface area (Å²) in [4.78, 5) is 24.6. The zero-order chi connectivity index (χ0) is 18.2. The molecule has 0 fully saturated rings. The molecule has 2 rings (SSSR count).